The molecule has 2 heterocycles. The molecule has 0 aromatic heterocycles. The number of halogens is 3. The number of aliphatic hydroxyl groups is 2. The summed E-state index contributed by atoms with van der Waals surface area (Å²) in [5, 5.41) is 24.2. The molecule has 34 heavy (non-hydrogen) atoms. The van der Waals surface area contributed by atoms with Gasteiger partial charge in [0.05, 0.1) is 24.1 Å². The molecule has 1 aromatic carbocycles. The van der Waals surface area contributed by atoms with E-state index < -0.39 is 48.2 Å². The van der Waals surface area contributed by atoms with Gasteiger partial charge in [-0.3, -0.25) is 9.59 Å². The summed E-state index contributed by atoms with van der Waals surface area (Å²) in [6.07, 6.45) is -6.35. The molecule has 1 aromatic rings. The van der Waals surface area contributed by atoms with Gasteiger partial charge in [-0.05, 0) is 55.7 Å². The molecule has 1 aliphatic carbocycles. The first kappa shape index (κ1) is 24.5. The highest BCUT2D eigenvalue weighted by Gasteiger charge is 2.54. The van der Waals surface area contributed by atoms with Gasteiger partial charge in [0.2, 0.25) is 11.8 Å². The third kappa shape index (κ3) is 4.77. The maximum atomic E-state index is 13.5. The Morgan fingerprint density at radius 1 is 1.15 bits per heavy atom. The fraction of sp³-hybridized carbons (Fsp3) is 0.571. The van der Waals surface area contributed by atoms with Gasteiger partial charge in [-0.1, -0.05) is 0 Å². The van der Waals surface area contributed by atoms with E-state index >= 15 is 0 Å². The smallest absolute Gasteiger partial charge is 0.406 e. The molecule has 186 valence electrons. The van der Waals surface area contributed by atoms with E-state index in [1.54, 1.807) is 9.80 Å². The van der Waals surface area contributed by atoms with E-state index in [2.05, 4.69) is 10.1 Å². The number of nitrogens with one attached hydrogen (secondary N) is 1. The van der Waals surface area contributed by atoms with Crippen LogP contribution >= 0.6 is 12.2 Å². The average Bonchev–Trinajstić information content (AvgIpc) is 3.12. The van der Waals surface area contributed by atoms with E-state index in [0.29, 0.717) is 31.6 Å². The number of thiocarbonyl (C=S) groups is 1. The second kappa shape index (κ2) is 9.19. The molecule has 3 fully saturated rings. The molecule has 13 heteroatoms. The molecule has 2 saturated heterocycles. The summed E-state index contributed by atoms with van der Waals surface area (Å²) in [7, 11) is 0. The number of ether oxygens (including phenoxy) is 1. The number of anilines is 1. The number of alkyl halides is 3. The maximum absolute atomic E-state index is 13.5. The molecule has 5 N–H and O–H groups in total. The Bertz CT molecular complexity index is 955. The van der Waals surface area contributed by atoms with Crippen LogP contribution in [0.2, 0.25) is 0 Å². The zero-order chi connectivity index (χ0) is 24.8. The fourth-order valence-electron chi connectivity index (χ4n) is 5.05. The van der Waals surface area contributed by atoms with Crippen LogP contribution in [-0.2, 0) is 9.59 Å². The number of primary amides is 1. The number of hydrogen-bond donors (Lipinski definition) is 4. The molecule has 0 unspecified atom stereocenters. The first-order valence-electron chi connectivity index (χ1n) is 10.9. The Morgan fingerprint density at radius 2 is 1.76 bits per heavy atom. The van der Waals surface area contributed by atoms with Crippen LogP contribution in [0.4, 0.5) is 18.9 Å². The first-order valence-corrected chi connectivity index (χ1v) is 11.3. The molecular formula is C21H25F3N4O5S. The van der Waals surface area contributed by atoms with E-state index in [4.69, 9.17) is 18.0 Å². The van der Waals surface area contributed by atoms with Crippen molar-refractivity contribution in [2.75, 3.05) is 18.0 Å². The topological polar surface area (TPSA) is 128 Å². The fourth-order valence-corrected chi connectivity index (χ4v) is 5.42. The third-order valence-corrected chi connectivity index (χ3v) is 7.03. The summed E-state index contributed by atoms with van der Waals surface area (Å²) in [6, 6.07) is 3.60. The average molecular weight is 503 g/mol. The highest BCUT2D eigenvalue weighted by molar-refractivity contribution is 7.80. The number of likely N-dealkylation sites (tertiary alicyclic amines) is 1. The number of fused-ring (bicyclic) bond motifs is 1. The Kier molecular flexibility index (Phi) is 6.62. The van der Waals surface area contributed by atoms with E-state index in [1.165, 1.54) is 12.1 Å². The van der Waals surface area contributed by atoms with Crippen molar-refractivity contribution < 1.29 is 37.7 Å². The number of amides is 2. The molecule has 5 atom stereocenters. The molecule has 9 nitrogen and oxygen atoms in total. The lowest BCUT2D eigenvalue weighted by molar-refractivity contribution is -0.274. The highest BCUT2D eigenvalue weighted by atomic mass is 32.1. The van der Waals surface area contributed by atoms with E-state index in [0.717, 1.165) is 12.1 Å². The zero-order valence-corrected chi connectivity index (χ0v) is 18.8. The van der Waals surface area contributed by atoms with Crippen LogP contribution in [0.3, 0.4) is 0 Å². The van der Waals surface area contributed by atoms with Crippen LogP contribution in [-0.4, -0.2) is 75.8 Å². The van der Waals surface area contributed by atoms with E-state index in [1.807, 2.05) is 0 Å². The molecular weight excluding hydrogens is 477 g/mol. The van der Waals surface area contributed by atoms with Crippen molar-refractivity contribution >= 4 is 34.8 Å². The van der Waals surface area contributed by atoms with Crippen LogP contribution in [0, 0.1) is 11.8 Å². The SMILES string of the molecule is NC(=O)C1CCN(C(=O)[C@@H]2C[C@@H](O)[C@H](O)[C@@H]3NC(=S)N(c4ccc(OC(F)(F)F)cc4)[C@@H]32)CC1. The van der Waals surface area contributed by atoms with Gasteiger partial charge in [0.15, 0.2) is 5.11 Å². The van der Waals surface area contributed by atoms with Gasteiger partial charge >= 0.3 is 6.36 Å². The number of carbonyl (C=O) groups excluding carboxylic acids is 2. The van der Waals surface area contributed by atoms with Gasteiger partial charge < -0.3 is 35.8 Å². The number of nitrogens with zero attached hydrogens (tertiary/aromatic N) is 2. The number of nitrogens with two attached hydrogens (primary N) is 1. The normalized spacial score (nSPS) is 30.0. The standard InChI is InChI=1S/C21H25F3N4O5S/c22-21(23,24)33-12-3-1-11(2-4-12)28-16-13(9-14(29)17(30)15(16)26-20(28)34)19(32)27-7-5-10(6-8-27)18(25)31/h1-4,10,13-17,29-30H,5-9H2,(H2,25,31)(H,26,34)/t13-,14-,15-,16-,17+/m1/s1. The van der Waals surface area contributed by atoms with Crippen LogP contribution in [0.15, 0.2) is 24.3 Å². The Balaban J connectivity index is 1.59. The van der Waals surface area contributed by atoms with Crippen molar-refractivity contribution in [3.05, 3.63) is 24.3 Å². The summed E-state index contributed by atoms with van der Waals surface area (Å²) in [5.41, 5.74) is 5.78. The van der Waals surface area contributed by atoms with Crippen molar-refractivity contribution in [1.82, 2.24) is 10.2 Å². The number of aliphatic hydroxyl groups excluding tert-OH is 2. The summed E-state index contributed by atoms with van der Waals surface area (Å²) in [5.74, 6) is -2.12. The highest BCUT2D eigenvalue weighted by Crippen LogP contribution is 2.38. The van der Waals surface area contributed by atoms with Gasteiger partial charge in [-0.25, -0.2) is 0 Å². The van der Waals surface area contributed by atoms with Crippen LogP contribution in [0.25, 0.3) is 0 Å². The largest absolute Gasteiger partial charge is 0.573 e. The first-order chi connectivity index (χ1) is 16.0. The van der Waals surface area contributed by atoms with Crippen molar-refractivity contribution in [3.8, 4) is 5.75 Å². The number of piperidine rings is 1. The molecule has 4 rings (SSSR count). The summed E-state index contributed by atoms with van der Waals surface area (Å²) in [6.45, 7) is 0.667. The number of benzene rings is 1. The van der Waals surface area contributed by atoms with Crippen molar-refractivity contribution in [3.63, 3.8) is 0 Å². The van der Waals surface area contributed by atoms with Crippen LogP contribution < -0.4 is 20.7 Å². The minimum absolute atomic E-state index is 0.0209. The lowest BCUT2D eigenvalue weighted by atomic mass is 9.76. The van der Waals surface area contributed by atoms with Gasteiger partial charge in [-0.2, -0.15) is 0 Å². The summed E-state index contributed by atoms with van der Waals surface area (Å²) in [4.78, 5) is 28.2. The number of rotatable bonds is 4. The Labute approximate surface area is 198 Å². The summed E-state index contributed by atoms with van der Waals surface area (Å²) < 4.78 is 41.4. The minimum atomic E-state index is -4.83. The maximum Gasteiger partial charge on any atom is 0.573 e. The molecule has 2 amide bonds. The van der Waals surface area contributed by atoms with Crippen molar-refractivity contribution in [1.29, 1.82) is 0 Å². The predicted molar refractivity (Wildman–Crippen MR) is 118 cm³/mol. The second-order valence-electron chi connectivity index (χ2n) is 8.78. The summed E-state index contributed by atoms with van der Waals surface area (Å²) >= 11 is 5.42. The molecule has 2 aliphatic heterocycles. The lowest BCUT2D eigenvalue weighted by Crippen LogP contribution is -2.61. The van der Waals surface area contributed by atoms with Crippen molar-refractivity contribution in [2.45, 2.75) is 49.9 Å². The lowest BCUT2D eigenvalue weighted by Gasteiger charge is -2.44. The molecule has 0 radical (unpaired) electrons. The molecule has 0 spiro atoms. The number of carbonyl (C=O) groups is 2. The van der Waals surface area contributed by atoms with Gasteiger partial charge in [0.1, 0.15) is 11.9 Å². The molecule has 0 bridgehead atoms. The Morgan fingerprint density at radius 3 is 2.32 bits per heavy atom. The second-order valence-corrected chi connectivity index (χ2v) is 9.17. The van der Waals surface area contributed by atoms with Crippen LogP contribution in [0.5, 0.6) is 5.75 Å². The van der Waals surface area contributed by atoms with Gasteiger partial charge in [-0.15, -0.1) is 13.2 Å². The molecule has 1 saturated carbocycles. The van der Waals surface area contributed by atoms with Gasteiger partial charge in [0.25, 0.3) is 0 Å². The predicted octanol–water partition coefficient (Wildman–Crippen LogP) is 0.482. The van der Waals surface area contributed by atoms with Crippen molar-refractivity contribution in [2.24, 2.45) is 17.6 Å². The Hall–Kier alpha value is -2.64. The molecule has 3 aliphatic rings. The minimum Gasteiger partial charge on any atom is -0.406 e. The number of hydrogen-bond acceptors (Lipinski definition) is 6. The third-order valence-electron chi connectivity index (χ3n) is 6.72. The van der Waals surface area contributed by atoms with E-state index in [9.17, 15) is 33.0 Å². The van der Waals surface area contributed by atoms with Gasteiger partial charge in [0, 0.05) is 24.7 Å². The zero-order valence-electron chi connectivity index (χ0n) is 17.9. The quantitative estimate of drug-likeness (QED) is 0.438. The van der Waals surface area contributed by atoms with E-state index in [-0.39, 0.29) is 23.4 Å². The monoisotopic (exact) mass is 502 g/mol. The van der Waals surface area contributed by atoms with Crippen LogP contribution in [0.1, 0.15) is 19.3 Å².